The molecule has 0 bridgehead atoms. The minimum atomic E-state index is 0.522. The largest absolute Gasteiger partial charge is 0.476 e. The predicted octanol–water partition coefficient (Wildman–Crippen LogP) is 2.06. The van der Waals surface area contributed by atoms with Crippen LogP contribution in [0.5, 0.6) is 5.88 Å². The van der Waals surface area contributed by atoms with E-state index >= 15 is 0 Å². The molecule has 1 fully saturated rings. The molecule has 1 aliphatic rings. The van der Waals surface area contributed by atoms with Crippen molar-refractivity contribution in [3.05, 3.63) is 36.1 Å². The van der Waals surface area contributed by atoms with Crippen molar-refractivity contribution in [2.45, 2.75) is 26.3 Å². The average Bonchev–Trinajstić information content (AvgIpc) is 2.92. The smallest absolute Gasteiger partial charge is 0.232 e. The molecule has 0 aliphatic carbocycles. The Labute approximate surface area is 124 Å². The van der Waals surface area contributed by atoms with Crippen molar-refractivity contribution in [3.63, 3.8) is 0 Å². The lowest BCUT2D eigenvalue weighted by molar-refractivity contribution is 0.121. The van der Waals surface area contributed by atoms with E-state index in [1.54, 1.807) is 18.6 Å². The zero-order chi connectivity index (χ0) is 14.5. The van der Waals surface area contributed by atoms with E-state index in [1.807, 2.05) is 13.0 Å². The van der Waals surface area contributed by atoms with Crippen molar-refractivity contribution < 1.29 is 9.26 Å². The van der Waals surface area contributed by atoms with Gasteiger partial charge in [-0.15, -0.1) is 0 Å². The van der Waals surface area contributed by atoms with Crippen LogP contribution < -0.4 is 4.74 Å². The fourth-order valence-corrected chi connectivity index (χ4v) is 2.72. The van der Waals surface area contributed by atoms with Crippen LogP contribution in [0.2, 0.25) is 0 Å². The Kier molecular flexibility index (Phi) is 4.45. The maximum Gasteiger partial charge on any atom is 0.232 e. The molecule has 6 nitrogen and oxygen atoms in total. The molecule has 112 valence electrons. The molecule has 1 unspecified atom stereocenters. The molecule has 0 aromatic carbocycles. The number of rotatable bonds is 5. The van der Waals surface area contributed by atoms with Crippen molar-refractivity contribution in [3.8, 4) is 5.88 Å². The zero-order valence-corrected chi connectivity index (χ0v) is 12.2. The molecule has 0 radical (unpaired) electrons. The number of ether oxygens (including phenoxy) is 1. The van der Waals surface area contributed by atoms with Gasteiger partial charge < -0.3 is 9.26 Å². The van der Waals surface area contributed by atoms with E-state index in [0.717, 1.165) is 31.1 Å². The first-order valence-corrected chi connectivity index (χ1v) is 7.33. The van der Waals surface area contributed by atoms with Crippen LogP contribution in [0.1, 0.15) is 24.3 Å². The molecular formula is C15H20N4O2. The Morgan fingerprint density at radius 3 is 3.14 bits per heavy atom. The highest BCUT2D eigenvalue weighted by molar-refractivity contribution is 5.04. The van der Waals surface area contributed by atoms with Gasteiger partial charge in [-0.2, -0.15) is 0 Å². The van der Waals surface area contributed by atoms with Crippen molar-refractivity contribution in [1.29, 1.82) is 0 Å². The third kappa shape index (κ3) is 4.01. The first-order chi connectivity index (χ1) is 10.3. The van der Waals surface area contributed by atoms with Crippen LogP contribution in [-0.4, -0.2) is 39.7 Å². The van der Waals surface area contributed by atoms with Crippen LogP contribution in [0.3, 0.4) is 0 Å². The molecule has 0 N–H and O–H groups in total. The summed E-state index contributed by atoms with van der Waals surface area (Å²) in [6, 6.07) is 2.00. The predicted molar refractivity (Wildman–Crippen MR) is 76.8 cm³/mol. The third-order valence-corrected chi connectivity index (χ3v) is 3.67. The quantitative estimate of drug-likeness (QED) is 0.839. The van der Waals surface area contributed by atoms with Crippen LogP contribution in [-0.2, 0) is 6.54 Å². The molecule has 0 saturated carbocycles. The second-order valence-corrected chi connectivity index (χ2v) is 5.53. The Bertz CT molecular complexity index is 558. The summed E-state index contributed by atoms with van der Waals surface area (Å²) in [4.78, 5) is 10.5. The molecular weight excluding hydrogens is 268 g/mol. The summed E-state index contributed by atoms with van der Waals surface area (Å²) in [5, 5.41) is 4.06. The lowest BCUT2D eigenvalue weighted by Gasteiger charge is -2.31. The molecule has 1 saturated heterocycles. The van der Waals surface area contributed by atoms with Gasteiger partial charge in [0.1, 0.15) is 5.76 Å². The summed E-state index contributed by atoms with van der Waals surface area (Å²) >= 11 is 0. The van der Waals surface area contributed by atoms with Crippen molar-refractivity contribution >= 4 is 0 Å². The third-order valence-electron chi connectivity index (χ3n) is 3.67. The van der Waals surface area contributed by atoms with Crippen LogP contribution in [0.4, 0.5) is 0 Å². The van der Waals surface area contributed by atoms with E-state index in [0.29, 0.717) is 18.4 Å². The molecule has 2 aromatic heterocycles. The van der Waals surface area contributed by atoms with E-state index in [2.05, 4.69) is 20.0 Å². The van der Waals surface area contributed by atoms with Gasteiger partial charge >= 0.3 is 0 Å². The van der Waals surface area contributed by atoms with E-state index < -0.39 is 0 Å². The van der Waals surface area contributed by atoms with Gasteiger partial charge in [-0.3, -0.25) is 9.88 Å². The molecule has 6 heteroatoms. The highest BCUT2D eigenvalue weighted by Gasteiger charge is 2.21. The summed E-state index contributed by atoms with van der Waals surface area (Å²) < 4.78 is 10.8. The first-order valence-electron chi connectivity index (χ1n) is 7.33. The maximum absolute atomic E-state index is 5.71. The second kappa shape index (κ2) is 6.67. The minimum Gasteiger partial charge on any atom is -0.476 e. The maximum atomic E-state index is 5.71. The number of likely N-dealkylation sites (tertiary alicyclic amines) is 1. The fraction of sp³-hybridized carbons (Fsp3) is 0.533. The van der Waals surface area contributed by atoms with E-state index in [-0.39, 0.29) is 0 Å². The van der Waals surface area contributed by atoms with Crippen LogP contribution in [0.15, 0.2) is 29.2 Å². The number of aromatic nitrogens is 3. The molecule has 21 heavy (non-hydrogen) atoms. The van der Waals surface area contributed by atoms with Gasteiger partial charge in [0.25, 0.3) is 0 Å². The van der Waals surface area contributed by atoms with Crippen LogP contribution in [0, 0.1) is 12.8 Å². The number of hydrogen-bond donors (Lipinski definition) is 0. The molecule has 1 aliphatic heterocycles. The normalized spacial score (nSPS) is 19.6. The standard InChI is InChI=1S/C15H20N4O2/c1-12-7-14(18-21-12)10-19-6-2-3-13(9-19)11-20-15-8-16-4-5-17-15/h4-5,7-8,13H,2-3,6,9-11H2,1H3. The lowest BCUT2D eigenvalue weighted by atomic mass is 9.99. The molecule has 3 rings (SSSR count). The molecule has 0 amide bonds. The van der Waals surface area contributed by atoms with Gasteiger partial charge in [0.15, 0.2) is 0 Å². The number of aryl methyl sites for hydroxylation is 1. The highest BCUT2D eigenvalue weighted by atomic mass is 16.5. The highest BCUT2D eigenvalue weighted by Crippen LogP contribution is 2.19. The summed E-state index contributed by atoms with van der Waals surface area (Å²) in [5.74, 6) is 1.99. The Morgan fingerprint density at radius 2 is 2.38 bits per heavy atom. The van der Waals surface area contributed by atoms with E-state index in [9.17, 15) is 0 Å². The van der Waals surface area contributed by atoms with Gasteiger partial charge in [-0.25, -0.2) is 4.98 Å². The van der Waals surface area contributed by atoms with Crippen molar-refractivity contribution in [2.24, 2.45) is 5.92 Å². The average molecular weight is 288 g/mol. The van der Waals surface area contributed by atoms with Crippen molar-refractivity contribution in [2.75, 3.05) is 19.7 Å². The second-order valence-electron chi connectivity index (χ2n) is 5.53. The van der Waals surface area contributed by atoms with Gasteiger partial charge in [0.2, 0.25) is 5.88 Å². The first kappa shape index (κ1) is 14.0. The number of piperidine rings is 1. The number of hydrogen-bond acceptors (Lipinski definition) is 6. The Hall–Kier alpha value is -1.95. The van der Waals surface area contributed by atoms with Crippen LogP contribution in [0.25, 0.3) is 0 Å². The van der Waals surface area contributed by atoms with Crippen molar-refractivity contribution in [1.82, 2.24) is 20.0 Å². The fourth-order valence-electron chi connectivity index (χ4n) is 2.72. The molecule has 2 aromatic rings. The SMILES string of the molecule is Cc1cc(CN2CCCC(COc3cnccn3)C2)no1. The lowest BCUT2D eigenvalue weighted by Crippen LogP contribution is -2.37. The minimum absolute atomic E-state index is 0.522. The molecule has 3 heterocycles. The molecule has 1 atom stereocenters. The molecule has 0 spiro atoms. The van der Waals surface area contributed by atoms with Gasteiger partial charge in [0, 0.05) is 37.5 Å². The topological polar surface area (TPSA) is 64.3 Å². The van der Waals surface area contributed by atoms with Gasteiger partial charge in [0.05, 0.1) is 18.5 Å². The number of nitrogens with zero attached hydrogens (tertiary/aromatic N) is 4. The Morgan fingerprint density at radius 1 is 1.43 bits per heavy atom. The summed E-state index contributed by atoms with van der Waals surface area (Å²) in [7, 11) is 0. The van der Waals surface area contributed by atoms with E-state index in [1.165, 1.54) is 12.8 Å². The van der Waals surface area contributed by atoms with Gasteiger partial charge in [-0.1, -0.05) is 5.16 Å². The monoisotopic (exact) mass is 288 g/mol. The summed E-state index contributed by atoms with van der Waals surface area (Å²) in [5.41, 5.74) is 1.00. The zero-order valence-electron chi connectivity index (χ0n) is 12.2. The Balaban J connectivity index is 1.49. The van der Waals surface area contributed by atoms with E-state index in [4.69, 9.17) is 9.26 Å². The summed E-state index contributed by atoms with van der Waals surface area (Å²) in [6.45, 7) is 5.58. The van der Waals surface area contributed by atoms with Crippen LogP contribution >= 0.6 is 0 Å². The summed E-state index contributed by atoms with van der Waals surface area (Å²) in [6.07, 6.45) is 7.32. The van der Waals surface area contributed by atoms with Gasteiger partial charge in [-0.05, 0) is 26.3 Å².